The van der Waals surface area contributed by atoms with E-state index in [1.54, 1.807) is 29.8 Å². The van der Waals surface area contributed by atoms with E-state index in [4.69, 9.17) is 4.74 Å². The van der Waals surface area contributed by atoms with Crippen molar-refractivity contribution in [1.29, 1.82) is 0 Å². The first-order valence-corrected chi connectivity index (χ1v) is 8.88. The van der Waals surface area contributed by atoms with Crippen LogP contribution in [0.1, 0.15) is 17.8 Å². The van der Waals surface area contributed by atoms with Gasteiger partial charge < -0.3 is 14.2 Å². The molecule has 2 aromatic rings. The van der Waals surface area contributed by atoms with E-state index in [0.717, 1.165) is 41.7 Å². The molecule has 0 N–H and O–H groups in total. The molecule has 1 fully saturated rings. The summed E-state index contributed by atoms with van der Waals surface area (Å²) in [5.74, 6) is 0.129. The van der Waals surface area contributed by atoms with Crippen molar-refractivity contribution in [2.75, 3.05) is 25.2 Å². The zero-order chi connectivity index (χ0) is 17.3. The number of nitrogens with zero attached hydrogens (tertiary/aromatic N) is 5. The molecule has 3 heterocycles. The number of amides is 1. The van der Waals surface area contributed by atoms with Crippen LogP contribution in [-0.4, -0.2) is 50.8 Å². The van der Waals surface area contributed by atoms with Crippen LogP contribution in [0.3, 0.4) is 0 Å². The first-order valence-electron chi connectivity index (χ1n) is 8.00. The van der Waals surface area contributed by atoms with Gasteiger partial charge >= 0.3 is 0 Å². The van der Waals surface area contributed by atoms with E-state index in [0.29, 0.717) is 6.61 Å². The molecule has 130 valence electrons. The zero-order valence-electron chi connectivity index (χ0n) is 14.5. The van der Waals surface area contributed by atoms with Crippen LogP contribution in [-0.2, 0) is 23.1 Å². The fourth-order valence-electron chi connectivity index (χ4n) is 2.85. The summed E-state index contributed by atoms with van der Waals surface area (Å²) in [6, 6.07) is 0. The summed E-state index contributed by atoms with van der Waals surface area (Å²) in [6.07, 6.45) is 4.42. The smallest absolute Gasteiger partial charge is 0.240 e. The van der Waals surface area contributed by atoms with Gasteiger partial charge in [0.05, 0.1) is 29.4 Å². The number of anilines is 1. The number of thioether (sulfide) groups is 1. The minimum atomic E-state index is -0.104. The minimum absolute atomic E-state index is 0.104. The highest BCUT2D eigenvalue weighted by Crippen LogP contribution is 2.33. The third-order valence-corrected chi connectivity index (χ3v) is 5.59. The number of carbonyl (C=O) groups excluding carboxylic acids is 1. The Morgan fingerprint density at radius 2 is 2.21 bits per heavy atom. The second-order valence-electron chi connectivity index (χ2n) is 5.97. The third-order valence-electron chi connectivity index (χ3n) is 4.35. The number of hydrogen-bond donors (Lipinski definition) is 0. The van der Waals surface area contributed by atoms with E-state index in [9.17, 15) is 4.79 Å². The molecule has 8 heteroatoms. The van der Waals surface area contributed by atoms with Crippen LogP contribution >= 0.6 is 11.8 Å². The van der Waals surface area contributed by atoms with Crippen LogP contribution in [0, 0.1) is 13.8 Å². The molecule has 1 saturated heterocycles. The van der Waals surface area contributed by atoms with Crippen molar-refractivity contribution in [1.82, 2.24) is 19.3 Å². The van der Waals surface area contributed by atoms with Crippen molar-refractivity contribution in [3.8, 4) is 0 Å². The van der Waals surface area contributed by atoms with Crippen LogP contribution < -0.4 is 4.90 Å². The van der Waals surface area contributed by atoms with Gasteiger partial charge in [-0.05, 0) is 20.3 Å². The maximum atomic E-state index is 12.7. The molecular formula is C16H23N5O2S. The molecule has 3 rings (SSSR count). The predicted molar refractivity (Wildman–Crippen MR) is 93.4 cm³/mol. The van der Waals surface area contributed by atoms with E-state index in [1.807, 2.05) is 25.1 Å². The van der Waals surface area contributed by atoms with Crippen molar-refractivity contribution < 1.29 is 9.53 Å². The number of imidazole rings is 1. The monoisotopic (exact) mass is 349 g/mol. The Bertz CT molecular complexity index is 739. The van der Waals surface area contributed by atoms with Crippen LogP contribution in [0.15, 0.2) is 17.6 Å². The zero-order valence-corrected chi connectivity index (χ0v) is 15.3. The molecule has 0 bridgehead atoms. The molecule has 2 aromatic heterocycles. The molecule has 0 aliphatic carbocycles. The van der Waals surface area contributed by atoms with Gasteiger partial charge in [-0.15, -0.1) is 0 Å². The van der Waals surface area contributed by atoms with Gasteiger partial charge in [0.2, 0.25) is 5.91 Å². The molecule has 24 heavy (non-hydrogen) atoms. The molecule has 1 aliphatic heterocycles. The van der Waals surface area contributed by atoms with E-state index in [1.165, 1.54) is 0 Å². The number of carbonyl (C=O) groups is 1. The average molecular weight is 349 g/mol. The number of rotatable bonds is 6. The van der Waals surface area contributed by atoms with Gasteiger partial charge in [-0.1, -0.05) is 11.8 Å². The Morgan fingerprint density at radius 3 is 2.88 bits per heavy atom. The highest BCUT2D eigenvalue weighted by molar-refractivity contribution is 8.00. The molecular weight excluding hydrogens is 326 g/mol. The second kappa shape index (κ2) is 6.98. The predicted octanol–water partition coefficient (Wildman–Crippen LogP) is 1.78. The van der Waals surface area contributed by atoms with Gasteiger partial charge in [0.1, 0.15) is 0 Å². The first kappa shape index (κ1) is 17.0. The topological polar surface area (TPSA) is 65.2 Å². The molecule has 7 nitrogen and oxygen atoms in total. The molecule has 0 saturated carbocycles. The molecule has 0 radical (unpaired) electrons. The highest BCUT2D eigenvalue weighted by Gasteiger charge is 2.35. The summed E-state index contributed by atoms with van der Waals surface area (Å²) in [5.41, 5.74) is 2.99. The quantitative estimate of drug-likeness (QED) is 0.795. The van der Waals surface area contributed by atoms with Gasteiger partial charge in [0.15, 0.2) is 5.16 Å². The maximum Gasteiger partial charge on any atom is 0.240 e. The second-order valence-corrected chi connectivity index (χ2v) is 7.14. The van der Waals surface area contributed by atoms with Gasteiger partial charge in [-0.3, -0.25) is 9.48 Å². The summed E-state index contributed by atoms with van der Waals surface area (Å²) in [7, 11) is 3.55. The molecule has 1 amide bonds. The van der Waals surface area contributed by atoms with E-state index in [2.05, 4.69) is 21.6 Å². The summed E-state index contributed by atoms with van der Waals surface area (Å²) < 4.78 is 9.05. The number of methoxy groups -OCH3 is 1. The fourth-order valence-corrected chi connectivity index (χ4v) is 4.10. The Morgan fingerprint density at radius 1 is 1.42 bits per heavy atom. The number of aryl methyl sites for hydroxylation is 2. The molecule has 0 aromatic carbocycles. The summed E-state index contributed by atoms with van der Waals surface area (Å²) in [5, 5.41) is 4.95. The minimum Gasteiger partial charge on any atom is -0.383 e. The van der Waals surface area contributed by atoms with E-state index >= 15 is 0 Å². The molecule has 1 atom stereocenters. The van der Waals surface area contributed by atoms with Crippen molar-refractivity contribution >= 4 is 23.4 Å². The lowest BCUT2D eigenvalue weighted by molar-refractivity contribution is -0.116. The van der Waals surface area contributed by atoms with Gasteiger partial charge in [0.25, 0.3) is 0 Å². The summed E-state index contributed by atoms with van der Waals surface area (Å²) >= 11 is 1.55. The average Bonchev–Trinajstić information content (AvgIpc) is 3.20. The SMILES string of the molecule is COCCn1c(S[C@H]2CCN(c3cnn(C)c3)C2=O)nc(C)c1C. The van der Waals surface area contributed by atoms with Crippen molar-refractivity contribution in [2.24, 2.45) is 7.05 Å². The largest absolute Gasteiger partial charge is 0.383 e. The number of ether oxygens (including phenoxy) is 1. The van der Waals surface area contributed by atoms with Gasteiger partial charge in [-0.25, -0.2) is 4.98 Å². The van der Waals surface area contributed by atoms with Gasteiger partial charge in [0, 0.05) is 39.1 Å². The molecule has 1 aliphatic rings. The summed E-state index contributed by atoms with van der Waals surface area (Å²) in [4.78, 5) is 19.2. The lowest BCUT2D eigenvalue weighted by atomic mass is 10.4. The fraction of sp³-hybridized carbons (Fsp3) is 0.562. The number of aromatic nitrogens is 4. The van der Waals surface area contributed by atoms with Crippen LogP contribution in [0.5, 0.6) is 0 Å². The Hall–Kier alpha value is -1.80. The Labute approximate surface area is 146 Å². The van der Waals surface area contributed by atoms with E-state index < -0.39 is 0 Å². The van der Waals surface area contributed by atoms with Crippen LogP contribution in [0.25, 0.3) is 0 Å². The Kier molecular flexibility index (Phi) is 4.96. The van der Waals surface area contributed by atoms with Gasteiger partial charge in [-0.2, -0.15) is 5.10 Å². The van der Waals surface area contributed by atoms with Crippen LogP contribution in [0.4, 0.5) is 5.69 Å². The molecule has 0 spiro atoms. The normalized spacial score (nSPS) is 17.9. The van der Waals surface area contributed by atoms with Crippen LogP contribution in [0.2, 0.25) is 0 Å². The van der Waals surface area contributed by atoms with Crippen molar-refractivity contribution in [3.63, 3.8) is 0 Å². The lowest BCUT2D eigenvalue weighted by Crippen LogP contribution is -2.27. The third kappa shape index (κ3) is 3.21. The first-order chi connectivity index (χ1) is 11.5. The number of hydrogen-bond acceptors (Lipinski definition) is 5. The Balaban J connectivity index is 1.75. The maximum absolute atomic E-state index is 12.7. The molecule has 0 unspecified atom stereocenters. The van der Waals surface area contributed by atoms with Crippen molar-refractivity contribution in [2.45, 2.75) is 37.2 Å². The standard InChI is InChI=1S/C16H23N5O2S/c1-11-12(2)20(7-8-23-4)16(18-11)24-14-5-6-21(15(14)22)13-9-17-19(3)10-13/h9-10,14H,5-8H2,1-4H3/t14-/m0/s1. The summed E-state index contributed by atoms with van der Waals surface area (Å²) in [6.45, 7) is 6.16. The van der Waals surface area contributed by atoms with Crippen molar-refractivity contribution in [3.05, 3.63) is 23.8 Å². The highest BCUT2D eigenvalue weighted by atomic mass is 32.2. The lowest BCUT2D eigenvalue weighted by Gasteiger charge is -2.14. The van der Waals surface area contributed by atoms with E-state index in [-0.39, 0.29) is 11.2 Å².